The van der Waals surface area contributed by atoms with Gasteiger partial charge in [-0.1, -0.05) is 23.7 Å². The highest BCUT2D eigenvalue weighted by Crippen LogP contribution is 2.32. The first-order valence-electron chi connectivity index (χ1n) is 6.75. The molecular weight excluding hydrogens is 329 g/mol. The van der Waals surface area contributed by atoms with E-state index in [-0.39, 0.29) is 17.4 Å². The number of nitrogens with one attached hydrogen (secondary N) is 2. The number of H-pyrrole nitrogens is 1. The van der Waals surface area contributed by atoms with Gasteiger partial charge in [-0.3, -0.25) is 0 Å². The Balaban J connectivity index is 1.78. The number of aryl methyl sites for hydroxylation is 1. The molecule has 0 bridgehead atoms. The third-order valence-corrected chi connectivity index (χ3v) is 3.64. The van der Waals surface area contributed by atoms with Gasteiger partial charge >= 0.3 is 6.18 Å². The molecule has 0 atom stereocenters. The van der Waals surface area contributed by atoms with Crippen molar-refractivity contribution in [2.75, 3.05) is 5.32 Å². The average molecular weight is 341 g/mol. The molecule has 2 N–H and O–H groups in total. The summed E-state index contributed by atoms with van der Waals surface area (Å²) in [6.07, 6.45) is -3.72. The van der Waals surface area contributed by atoms with Crippen LogP contribution in [-0.2, 0) is 12.7 Å². The molecule has 23 heavy (non-hydrogen) atoms. The Hall–Kier alpha value is -2.28. The van der Waals surface area contributed by atoms with Crippen LogP contribution in [0, 0.1) is 6.92 Å². The molecular formula is C15H12ClF3N4. The van der Waals surface area contributed by atoms with Crippen molar-refractivity contribution in [3.8, 4) is 0 Å². The second kappa shape index (κ2) is 5.73. The van der Waals surface area contributed by atoms with Crippen LogP contribution in [0.25, 0.3) is 11.0 Å². The lowest BCUT2D eigenvalue weighted by molar-refractivity contribution is -0.137. The largest absolute Gasteiger partial charge is 0.417 e. The third-order valence-electron chi connectivity index (χ3n) is 3.36. The fourth-order valence-electron chi connectivity index (χ4n) is 2.20. The summed E-state index contributed by atoms with van der Waals surface area (Å²) in [4.78, 5) is 11.3. The number of anilines is 1. The molecule has 2 aromatic heterocycles. The lowest BCUT2D eigenvalue weighted by atomic mass is 10.2. The molecule has 3 aromatic rings. The van der Waals surface area contributed by atoms with Gasteiger partial charge in [0.15, 0.2) is 0 Å². The number of halogens is 4. The van der Waals surface area contributed by atoms with Crippen molar-refractivity contribution < 1.29 is 13.2 Å². The number of para-hydroxylation sites is 1. The van der Waals surface area contributed by atoms with E-state index in [2.05, 4.69) is 20.3 Å². The predicted octanol–water partition coefficient (Wildman–Crippen LogP) is 4.55. The molecule has 0 aliphatic heterocycles. The van der Waals surface area contributed by atoms with E-state index in [9.17, 15) is 13.2 Å². The van der Waals surface area contributed by atoms with Crippen LogP contribution in [0.3, 0.4) is 0 Å². The minimum atomic E-state index is -4.47. The topological polar surface area (TPSA) is 53.6 Å². The fourth-order valence-corrected chi connectivity index (χ4v) is 2.43. The normalized spacial score (nSPS) is 11.9. The Morgan fingerprint density at radius 2 is 2.09 bits per heavy atom. The number of hydrogen-bond donors (Lipinski definition) is 2. The summed E-state index contributed by atoms with van der Waals surface area (Å²) >= 11 is 5.85. The maximum absolute atomic E-state index is 12.6. The number of imidazole rings is 1. The minimum Gasteiger partial charge on any atom is -0.362 e. The number of aromatic amines is 1. The van der Waals surface area contributed by atoms with Crippen molar-refractivity contribution in [1.29, 1.82) is 0 Å². The number of alkyl halides is 3. The highest BCUT2D eigenvalue weighted by Gasteiger charge is 2.31. The van der Waals surface area contributed by atoms with Gasteiger partial charge in [0, 0.05) is 6.20 Å². The molecule has 0 spiro atoms. The van der Waals surface area contributed by atoms with Gasteiger partial charge in [0.1, 0.15) is 11.6 Å². The third kappa shape index (κ3) is 3.24. The predicted molar refractivity (Wildman–Crippen MR) is 82.4 cm³/mol. The smallest absolute Gasteiger partial charge is 0.362 e. The molecule has 8 heteroatoms. The molecule has 2 heterocycles. The first-order valence-corrected chi connectivity index (χ1v) is 7.13. The van der Waals surface area contributed by atoms with Crippen LogP contribution in [0.2, 0.25) is 5.02 Å². The Morgan fingerprint density at radius 3 is 2.74 bits per heavy atom. The zero-order valence-electron chi connectivity index (χ0n) is 12.0. The molecule has 1 aromatic carbocycles. The zero-order valence-corrected chi connectivity index (χ0v) is 12.8. The minimum absolute atomic E-state index is 0.0906. The molecule has 3 rings (SSSR count). The van der Waals surface area contributed by atoms with Gasteiger partial charge in [0.2, 0.25) is 0 Å². The van der Waals surface area contributed by atoms with Gasteiger partial charge in [-0.05, 0) is 24.6 Å². The molecule has 0 saturated heterocycles. The number of fused-ring (bicyclic) bond motifs is 1. The first-order chi connectivity index (χ1) is 10.8. The number of hydrogen-bond acceptors (Lipinski definition) is 3. The van der Waals surface area contributed by atoms with Crippen LogP contribution < -0.4 is 5.32 Å². The molecule has 0 aliphatic carbocycles. The Labute approximate surface area is 134 Å². The van der Waals surface area contributed by atoms with E-state index in [1.165, 1.54) is 0 Å². The van der Waals surface area contributed by atoms with Gasteiger partial charge in [-0.25, -0.2) is 9.97 Å². The van der Waals surface area contributed by atoms with Gasteiger partial charge < -0.3 is 10.3 Å². The number of benzene rings is 1. The van der Waals surface area contributed by atoms with Crippen molar-refractivity contribution in [1.82, 2.24) is 15.0 Å². The van der Waals surface area contributed by atoms with Crippen molar-refractivity contribution in [3.05, 3.63) is 52.4 Å². The van der Waals surface area contributed by atoms with Gasteiger partial charge in [0.05, 0.1) is 28.2 Å². The molecule has 0 fully saturated rings. The van der Waals surface area contributed by atoms with E-state index in [0.29, 0.717) is 5.82 Å². The maximum Gasteiger partial charge on any atom is 0.417 e. The van der Waals surface area contributed by atoms with E-state index in [1.54, 1.807) is 0 Å². The SMILES string of the molecule is Cc1cccc2[nH]c(CNc3ncc(C(F)(F)F)cc3Cl)nc12. The molecule has 120 valence electrons. The van der Waals surface area contributed by atoms with Crippen LogP contribution in [-0.4, -0.2) is 15.0 Å². The second-order valence-corrected chi connectivity index (χ2v) is 5.47. The number of rotatable bonds is 3. The van der Waals surface area contributed by atoms with E-state index in [4.69, 9.17) is 11.6 Å². The van der Waals surface area contributed by atoms with Crippen molar-refractivity contribution in [2.24, 2.45) is 0 Å². The fraction of sp³-hybridized carbons (Fsp3) is 0.200. The molecule has 0 unspecified atom stereocenters. The van der Waals surface area contributed by atoms with E-state index in [1.807, 2.05) is 25.1 Å². The lowest BCUT2D eigenvalue weighted by Crippen LogP contribution is -2.08. The number of nitrogens with zero attached hydrogens (tertiary/aromatic N) is 2. The van der Waals surface area contributed by atoms with Crippen LogP contribution in [0.5, 0.6) is 0 Å². The van der Waals surface area contributed by atoms with Crippen LogP contribution in [0.4, 0.5) is 19.0 Å². The van der Waals surface area contributed by atoms with Crippen molar-refractivity contribution in [2.45, 2.75) is 19.6 Å². The molecule has 4 nitrogen and oxygen atoms in total. The summed E-state index contributed by atoms with van der Waals surface area (Å²) in [6.45, 7) is 2.22. The molecule has 0 aliphatic rings. The van der Waals surface area contributed by atoms with E-state index in [0.717, 1.165) is 28.9 Å². The first kappa shape index (κ1) is 15.6. The van der Waals surface area contributed by atoms with Crippen LogP contribution >= 0.6 is 11.6 Å². The molecule has 0 radical (unpaired) electrons. The summed E-state index contributed by atoms with van der Waals surface area (Å²) in [5, 5.41) is 2.79. The summed E-state index contributed by atoms with van der Waals surface area (Å²) in [5.74, 6) is 0.823. The van der Waals surface area contributed by atoms with Gasteiger partial charge in [0.25, 0.3) is 0 Å². The van der Waals surface area contributed by atoms with E-state index >= 15 is 0 Å². The Kier molecular flexibility index (Phi) is 3.89. The second-order valence-electron chi connectivity index (χ2n) is 5.06. The summed E-state index contributed by atoms with van der Waals surface area (Å²) in [7, 11) is 0. The Bertz CT molecular complexity index is 858. The average Bonchev–Trinajstić information content (AvgIpc) is 2.89. The van der Waals surface area contributed by atoms with E-state index < -0.39 is 11.7 Å². The Morgan fingerprint density at radius 1 is 1.30 bits per heavy atom. The number of aromatic nitrogens is 3. The highest BCUT2D eigenvalue weighted by atomic mass is 35.5. The highest BCUT2D eigenvalue weighted by molar-refractivity contribution is 6.32. The maximum atomic E-state index is 12.6. The number of pyridine rings is 1. The zero-order chi connectivity index (χ0) is 16.6. The summed E-state index contributed by atoms with van der Waals surface area (Å²) < 4.78 is 37.7. The monoisotopic (exact) mass is 340 g/mol. The summed E-state index contributed by atoms with van der Waals surface area (Å²) in [6, 6.07) is 6.62. The van der Waals surface area contributed by atoms with Crippen molar-refractivity contribution in [3.63, 3.8) is 0 Å². The molecule has 0 amide bonds. The van der Waals surface area contributed by atoms with Gasteiger partial charge in [-0.2, -0.15) is 13.2 Å². The molecule has 0 saturated carbocycles. The standard InChI is InChI=1S/C15H12ClF3N4/c1-8-3-2-4-11-13(8)23-12(22-11)7-21-14-10(16)5-9(6-20-14)15(17,18)19/h2-6H,7H2,1H3,(H,20,21)(H,22,23). The van der Waals surface area contributed by atoms with Crippen LogP contribution in [0.15, 0.2) is 30.5 Å². The van der Waals surface area contributed by atoms with Gasteiger partial charge in [-0.15, -0.1) is 0 Å². The van der Waals surface area contributed by atoms with Crippen molar-refractivity contribution >= 4 is 28.5 Å². The van der Waals surface area contributed by atoms with Crippen LogP contribution in [0.1, 0.15) is 17.0 Å². The summed E-state index contributed by atoms with van der Waals surface area (Å²) in [5.41, 5.74) is 1.91. The quantitative estimate of drug-likeness (QED) is 0.735. The lowest BCUT2D eigenvalue weighted by Gasteiger charge is -2.10.